The molecule has 0 atom stereocenters. The molecule has 6 nitrogen and oxygen atoms in total. The van der Waals surface area contributed by atoms with E-state index in [1.165, 1.54) is 18.2 Å². The van der Waals surface area contributed by atoms with E-state index in [4.69, 9.17) is 5.11 Å². The van der Waals surface area contributed by atoms with Crippen LogP contribution in [0, 0.1) is 17.0 Å². The highest BCUT2D eigenvalue weighted by molar-refractivity contribution is 7.99. The number of hydrogen-bond donors (Lipinski definition) is 1. The number of carboxylic acid groups (broad SMARTS) is 1. The molecule has 1 heterocycles. The zero-order valence-corrected chi connectivity index (χ0v) is 11.3. The molecular weight excluding hydrogens is 280 g/mol. The Morgan fingerprint density at radius 1 is 1.30 bits per heavy atom. The van der Waals surface area contributed by atoms with Crippen molar-refractivity contribution < 1.29 is 14.8 Å². The van der Waals surface area contributed by atoms with Crippen molar-refractivity contribution in [2.75, 3.05) is 0 Å². The number of nitro groups is 1. The van der Waals surface area contributed by atoms with E-state index < -0.39 is 10.9 Å². The summed E-state index contributed by atoms with van der Waals surface area (Å²) in [6.07, 6.45) is 0. The largest absolute Gasteiger partial charge is 0.478 e. The van der Waals surface area contributed by atoms with Gasteiger partial charge in [-0.1, -0.05) is 23.9 Å². The minimum Gasteiger partial charge on any atom is -0.478 e. The lowest BCUT2D eigenvalue weighted by Gasteiger charge is -2.05. The van der Waals surface area contributed by atoms with E-state index in [2.05, 4.69) is 4.98 Å². The van der Waals surface area contributed by atoms with E-state index in [-0.39, 0.29) is 11.3 Å². The van der Waals surface area contributed by atoms with Gasteiger partial charge in [-0.15, -0.1) is 0 Å². The quantitative estimate of drug-likeness (QED) is 0.686. The van der Waals surface area contributed by atoms with E-state index in [1.807, 2.05) is 0 Å². The first-order valence-corrected chi connectivity index (χ1v) is 6.43. The smallest absolute Gasteiger partial charge is 0.336 e. The highest BCUT2D eigenvalue weighted by Gasteiger charge is 2.14. The molecule has 1 N–H and O–H groups in total. The molecule has 0 radical (unpaired) electrons. The molecule has 2 rings (SSSR count). The van der Waals surface area contributed by atoms with Crippen LogP contribution in [0.15, 0.2) is 46.3 Å². The maximum Gasteiger partial charge on any atom is 0.336 e. The number of carbonyl (C=O) groups is 1. The van der Waals surface area contributed by atoms with Crippen LogP contribution >= 0.6 is 11.8 Å². The monoisotopic (exact) mass is 290 g/mol. The van der Waals surface area contributed by atoms with E-state index >= 15 is 0 Å². The topological polar surface area (TPSA) is 93.3 Å². The van der Waals surface area contributed by atoms with Crippen molar-refractivity contribution in [3.63, 3.8) is 0 Å². The van der Waals surface area contributed by atoms with Crippen molar-refractivity contribution in [2.24, 2.45) is 0 Å². The third-order valence-electron chi connectivity index (χ3n) is 2.56. The molecule has 2 aromatic rings. The van der Waals surface area contributed by atoms with Crippen molar-refractivity contribution in [2.45, 2.75) is 16.8 Å². The first-order valence-electron chi connectivity index (χ1n) is 5.61. The Bertz CT molecular complexity index is 688. The third kappa shape index (κ3) is 2.94. The molecule has 0 aliphatic carbocycles. The molecule has 0 aliphatic heterocycles. The van der Waals surface area contributed by atoms with Crippen LogP contribution in [0.4, 0.5) is 5.69 Å². The summed E-state index contributed by atoms with van der Waals surface area (Å²) in [4.78, 5) is 26.0. The predicted octanol–water partition coefficient (Wildman–Crippen LogP) is 3.15. The van der Waals surface area contributed by atoms with Gasteiger partial charge in [-0.25, -0.2) is 9.78 Å². The fourth-order valence-electron chi connectivity index (χ4n) is 1.63. The second-order valence-electron chi connectivity index (χ2n) is 3.91. The Balaban J connectivity index is 2.34. The molecule has 0 aliphatic rings. The van der Waals surface area contributed by atoms with Gasteiger partial charge in [-0.05, 0) is 25.1 Å². The second kappa shape index (κ2) is 5.70. The molecule has 0 saturated carbocycles. The van der Waals surface area contributed by atoms with Crippen molar-refractivity contribution in [3.8, 4) is 0 Å². The molecule has 7 heteroatoms. The summed E-state index contributed by atoms with van der Waals surface area (Å²) in [5.74, 6) is -1.02. The van der Waals surface area contributed by atoms with Gasteiger partial charge in [-0.3, -0.25) is 10.1 Å². The Labute approximate surface area is 118 Å². The summed E-state index contributed by atoms with van der Waals surface area (Å²) in [6.45, 7) is 1.55. The van der Waals surface area contributed by atoms with E-state index in [9.17, 15) is 14.9 Å². The number of pyridine rings is 1. The number of hydrogen-bond acceptors (Lipinski definition) is 5. The standard InChI is InChI=1S/C13H10N2O4S/c1-8-10(15(18)19)6-7-12(14-8)20-11-5-3-2-4-9(11)13(16)17/h2-7H,1H3,(H,16,17). The zero-order chi connectivity index (χ0) is 14.7. The lowest BCUT2D eigenvalue weighted by molar-refractivity contribution is -0.385. The minimum absolute atomic E-state index is 0.0548. The van der Waals surface area contributed by atoms with Crippen LogP contribution in [0.1, 0.15) is 16.1 Å². The van der Waals surface area contributed by atoms with E-state index in [1.54, 1.807) is 25.1 Å². The van der Waals surface area contributed by atoms with Crippen LogP contribution in [0.3, 0.4) is 0 Å². The average Bonchev–Trinajstić information content (AvgIpc) is 2.38. The van der Waals surface area contributed by atoms with Crippen molar-refractivity contribution >= 4 is 23.4 Å². The zero-order valence-electron chi connectivity index (χ0n) is 10.4. The molecule has 20 heavy (non-hydrogen) atoms. The third-order valence-corrected chi connectivity index (χ3v) is 3.57. The highest BCUT2D eigenvalue weighted by Crippen LogP contribution is 2.30. The Hall–Kier alpha value is -2.41. The first-order chi connectivity index (χ1) is 9.49. The number of rotatable bonds is 4. The van der Waals surface area contributed by atoms with Gasteiger partial charge in [0.2, 0.25) is 0 Å². The van der Waals surface area contributed by atoms with Gasteiger partial charge in [0, 0.05) is 11.0 Å². The molecule has 0 unspecified atom stereocenters. The average molecular weight is 290 g/mol. The summed E-state index contributed by atoms with van der Waals surface area (Å²) in [5.41, 5.74) is 0.420. The van der Waals surface area contributed by atoms with Crippen LogP contribution < -0.4 is 0 Å². The van der Waals surface area contributed by atoms with Gasteiger partial charge < -0.3 is 5.11 Å². The molecule has 0 spiro atoms. The number of nitrogens with zero attached hydrogens (tertiary/aromatic N) is 2. The SMILES string of the molecule is Cc1nc(Sc2ccccc2C(=O)O)ccc1[N+](=O)[O-]. The number of benzene rings is 1. The summed E-state index contributed by atoms with van der Waals surface area (Å²) >= 11 is 1.16. The normalized spacial score (nSPS) is 10.2. The van der Waals surface area contributed by atoms with Crippen LogP contribution in [-0.4, -0.2) is 21.0 Å². The first kappa shape index (κ1) is 14.0. The summed E-state index contributed by atoms with van der Waals surface area (Å²) in [6, 6.07) is 9.42. The lowest BCUT2D eigenvalue weighted by Crippen LogP contribution is -1.99. The van der Waals surface area contributed by atoms with E-state index in [0.29, 0.717) is 15.6 Å². The molecule has 0 amide bonds. The molecule has 1 aromatic heterocycles. The molecule has 102 valence electrons. The number of aromatic carboxylic acids is 1. The van der Waals surface area contributed by atoms with Crippen molar-refractivity contribution in [1.82, 2.24) is 4.98 Å². The molecule has 0 saturated heterocycles. The van der Waals surface area contributed by atoms with Gasteiger partial charge in [0.05, 0.1) is 10.5 Å². The maximum atomic E-state index is 11.1. The van der Waals surface area contributed by atoms with Gasteiger partial charge in [0.15, 0.2) is 0 Å². The van der Waals surface area contributed by atoms with Crippen LogP contribution in [0.25, 0.3) is 0 Å². The summed E-state index contributed by atoms with van der Waals surface area (Å²) in [5, 5.41) is 20.3. The van der Waals surface area contributed by atoms with Gasteiger partial charge >= 0.3 is 5.97 Å². The number of carboxylic acids is 1. The van der Waals surface area contributed by atoms with E-state index in [0.717, 1.165) is 11.8 Å². The fourth-order valence-corrected chi connectivity index (χ4v) is 2.58. The second-order valence-corrected chi connectivity index (χ2v) is 4.98. The van der Waals surface area contributed by atoms with Gasteiger partial charge in [0.1, 0.15) is 10.7 Å². The summed E-state index contributed by atoms with van der Waals surface area (Å²) < 4.78 is 0. The minimum atomic E-state index is -1.02. The van der Waals surface area contributed by atoms with Crippen molar-refractivity contribution in [1.29, 1.82) is 0 Å². The number of aromatic nitrogens is 1. The van der Waals surface area contributed by atoms with Gasteiger partial charge in [-0.2, -0.15) is 0 Å². The van der Waals surface area contributed by atoms with Crippen LogP contribution in [-0.2, 0) is 0 Å². The summed E-state index contributed by atoms with van der Waals surface area (Å²) in [7, 11) is 0. The van der Waals surface area contributed by atoms with Crippen LogP contribution in [0.5, 0.6) is 0 Å². The predicted molar refractivity (Wildman–Crippen MR) is 73.2 cm³/mol. The molecular formula is C13H10N2O4S. The maximum absolute atomic E-state index is 11.1. The number of aryl methyl sites for hydroxylation is 1. The molecule has 0 fully saturated rings. The fraction of sp³-hybridized carbons (Fsp3) is 0.0769. The Morgan fingerprint density at radius 2 is 2.00 bits per heavy atom. The Morgan fingerprint density at radius 3 is 2.60 bits per heavy atom. The van der Waals surface area contributed by atoms with Gasteiger partial charge in [0.25, 0.3) is 5.69 Å². The molecule has 0 bridgehead atoms. The lowest BCUT2D eigenvalue weighted by atomic mass is 10.2. The van der Waals surface area contributed by atoms with Crippen LogP contribution in [0.2, 0.25) is 0 Å². The van der Waals surface area contributed by atoms with Crippen molar-refractivity contribution in [3.05, 3.63) is 57.8 Å². The Kier molecular flexibility index (Phi) is 3.99. The molecule has 1 aromatic carbocycles. The highest BCUT2D eigenvalue weighted by atomic mass is 32.2.